The minimum absolute atomic E-state index is 0.0486. The van der Waals surface area contributed by atoms with Crippen LogP contribution in [0, 0.1) is 10.8 Å². The number of carbonyl (C=O) groups is 2. The van der Waals surface area contributed by atoms with Crippen molar-refractivity contribution in [3.63, 3.8) is 0 Å². The van der Waals surface area contributed by atoms with Crippen molar-refractivity contribution in [3.8, 4) is 0 Å². The van der Waals surface area contributed by atoms with Crippen molar-refractivity contribution in [1.82, 2.24) is 10.4 Å². The molecule has 268 valence electrons. The number of nitrogens with two attached hydrogens (primary N) is 1. The average molecular weight is 636 g/mol. The number of carbonyl (C=O) groups excluding carboxylic acids is 2. The summed E-state index contributed by atoms with van der Waals surface area (Å²) in [5.41, 5.74) is 8.02. The quantitative estimate of drug-likeness (QED) is 0.0570. The molecule has 0 bridgehead atoms. The zero-order valence-corrected chi connectivity index (χ0v) is 31.6. The minimum Gasteiger partial charge on any atom is -0.350 e. The van der Waals surface area contributed by atoms with E-state index in [2.05, 4.69) is 47.0 Å². The van der Waals surface area contributed by atoms with Gasteiger partial charge in [-0.1, -0.05) is 189 Å². The summed E-state index contributed by atoms with van der Waals surface area (Å²) >= 11 is 0. The van der Waals surface area contributed by atoms with E-state index in [0.29, 0.717) is 6.54 Å². The topological polar surface area (TPSA) is 75.4 Å². The van der Waals surface area contributed by atoms with Crippen LogP contribution in [0.5, 0.6) is 0 Å². The van der Waals surface area contributed by atoms with Crippen molar-refractivity contribution in [2.45, 2.75) is 228 Å². The Morgan fingerprint density at radius 3 is 1.18 bits per heavy atom. The van der Waals surface area contributed by atoms with Gasteiger partial charge < -0.3 is 5.73 Å². The second kappa shape index (κ2) is 28.9. The van der Waals surface area contributed by atoms with Crippen molar-refractivity contribution >= 4 is 11.9 Å². The third-order valence-electron chi connectivity index (χ3n) is 10.5. The maximum atomic E-state index is 15.0. The van der Waals surface area contributed by atoms with Gasteiger partial charge in [-0.25, -0.2) is 10.2 Å². The van der Waals surface area contributed by atoms with Gasteiger partial charge in [0.25, 0.3) is 0 Å². The zero-order chi connectivity index (χ0) is 33.7. The molecule has 0 spiro atoms. The molecule has 45 heavy (non-hydrogen) atoms. The van der Waals surface area contributed by atoms with Gasteiger partial charge in [-0.05, 0) is 43.9 Å². The molecule has 1 unspecified atom stereocenters. The van der Waals surface area contributed by atoms with Crippen molar-refractivity contribution < 1.29 is 9.59 Å². The van der Waals surface area contributed by atoms with E-state index in [9.17, 15) is 9.59 Å². The average Bonchev–Trinajstić information content (AvgIpc) is 3.01. The Kier molecular flexibility index (Phi) is 28.1. The third-order valence-corrected chi connectivity index (χ3v) is 10.5. The summed E-state index contributed by atoms with van der Waals surface area (Å²) in [5, 5.41) is 1.67. The molecule has 0 aliphatic heterocycles. The maximum Gasteiger partial charge on any atom is 0.331 e. The number of nitrogens with one attached hydrogen (secondary N) is 1. The van der Waals surface area contributed by atoms with Gasteiger partial charge in [0.05, 0.1) is 5.41 Å². The summed E-state index contributed by atoms with van der Waals surface area (Å²) in [7, 11) is 0. The minimum atomic E-state index is -0.620. The van der Waals surface area contributed by atoms with E-state index < -0.39 is 11.4 Å². The van der Waals surface area contributed by atoms with Gasteiger partial charge in [-0.2, -0.15) is 0 Å². The summed E-state index contributed by atoms with van der Waals surface area (Å²) in [4.78, 5) is 27.2. The number of rotatable bonds is 32. The lowest BCUT2D eigenvalue weighted by atomic mass is 9.53. The highest BCUT2D eigenvalue weighted by Gasteiger charge is 2.54. The summed E-state index contributed by atoms with van der Waals surface area (Å²) < 4.78 is 0. The van der Waals surface area contributed by atoms with E-state index in [0.717, 1.165) is 77.0 Å². The van der Waals surface area contributed by atoms with E-state index in [-0.39, 0.29) is 11.3 Å². The Morgan fingerprint density at radius 2 is 0.822 bits per heavy atom. The molecule has 0 aliphatic rings. The third kappa shape index (κ3) is 18.0. The van der Waals surface area contributed by atoms with Gasteiger partial charge in [-0.15, -0.1) is 0 Å². The monoisotopic (exact) mass is 636 g/mol. The number of hydrazine groups is 1. The van der Waals surface area contributed by atoms with Crippen molar-refractivity contribution in [2.75, 3.05) is 6.54 Å². The van der Waals surface area contributed by atoms with Crippen LogP contribution in [0.15, 0.2) is 0 Å². The van der Waals surface area contributed by atoms with Crippen LogP contribution in [0.4, 0.5) is 4.79 Å². The number of hydrogen-bond donors (Lipinski definition) is 2. The Bertz CT molecular complexity index is 680. The molecule has 0 saturated heterocycles. The Labute approximate surface area is 282 Å². The molecule has 5 heteroatoms. The molecule has 0 fully saturated rings. The molecule has 3 N–H and O–H groups in total. The molecule has 5 nitrogen and oxygen atoms in total. The molecule has 0 aromatic heterocycles. The fourth-order valence-electron chi connectivity index (χ4n) is 8.32. The fraction of sp³-hybridized carbons (Fsp3) is 0.950. The largest absolute Gasteiger partial charge is 0.350 e. The van der Waals surface area contributed by atoms with Crippen LogP contribution in [0.1, 0.15) is 228 Å². The summed E-state index contributed by atoms with van der Waals surface area (Å²) in [5.74, 6) is 0.143. The van der Waals surface area contributed by atoms with Crippen LogP contribution in [-0.4, -0.2) is 23.5 Å². The molecule has 0 rings (SSSR count). The van der Waals surface area contributed by atoms with Crippen molar-refractivity contribution in [1.29, 1.82) is 0 Å². The summed E-state index contributed by atoms with van der Waals surface area (Å²) in [6.45, 7) is 14.2. The van der Waals surface area contributed by atoms with Crippen LogP contribution in [0.3, 0.4) is 0 Å². The lowest BCUT2D eigenvalue weighted by molar-refractivity contribution is -0.159. The molecule has 0 radical (unpaired) electrons. The van der Waals surface area contributed by atoms with Gasteiger partial charge in [0.15, 0.2) is 0 Å². The number of nitrogens with zero attached hydrogens (tertiary/aromatic N) is 1. The lowest BCUT2D eigenvalue weighted by Gasteiger charge is -2.52. The number of primary amides is 1. The first-order valence-corrected chi connectivity index (χ1v) is 20.2. The van der Waals surface area contributed by atoms with Crippen LogP contribution >= 0.6 is 0 Å². The van der Waals surface area contributed by atoms with Crippen LogP contribution in [0.2, 0.25) is 0 Å². The van der Waals surface area contributed by atoms with Gasteiger partial charge in [-0.3, -0.25) is 9.80 Å². The lowest BCUT2D eigenvalue weighted by Crippen LogP contribution is -2.59. The Balaban J connectivity index is 5.72. The summed E-state index contributed by atoms with van der Waals surface area (Å²) in [6.07, 6.45) is 34.7. The van der Waals surface area contributed by atoms with E-state index in [1.165, 1.54) is 109 Å². The van der Waals surface area contributed by atoms with E-state index in [1.54, 1.807) is 5.01 Å². The summed E-state index contributed by atoms with van der Waals surface area (Å²) in [6, 6.07) is -0.620. The molecule has 0 heterocycles. The highest BCUT2D eigenvalue weighted by molar-refractivity contribution is 5.86. The standard InChI is InChI=1S/C40H81N3O2/c1-7-13-15-17-19-21-22-23-24-25-27-29-35-40(34-12-6,39(31-9-3,32-10-4)33-11-5)37(44)43(42-38(41)45)36-30-28-26-20-18-16-14-8-2/h7-36H2,1-6H3,(H3,41,42,45). The maximum absolute atomic E-state index is 15.0. The van der Waals surface area contributed by atoms with Crippen LogP contribution < -0.4 is 11.2 Å². The van der Waals surface area contributed by atoms with Crippen LogP contribution in [-0.2, 0) is 4.79 Å². The number of urea groups is 1. The van der Waals surface area contributed by atoms with Gasteiger partial charge in [0, 0.05) is 6.54 Å². The first-order valence-electron chi connectivity index (χ1n) is 20.2. The molecule has 1 atom stereocenters. The first-order chi connectivity index (χ1) is 21.8. The molecule has 0 aliphatic carbocycles. The highest BCUT2D eigenvalue weighted by atomic mass is 16.2. The zero-order valence-electron chi connectivity index (χ0n) is 31.6. The number of amides is 3. The van der Waals surface area contributed by atoms with Crippen LogP contribution in [0.25, 0.3) is 0 Å². The molecule has 0 aromatic rings. The van der Waals surface area contributed by atoms with E-state index >= 15 is 0 Å². The highest BCUT2D eigenvalue weighted by Crippen LogP contribution is 2.56. The molecule has 0 aromatic carbocycles. The first kappa shape index (κ1) is 43.7. The fourth-order valence-corrected chi connectivity index (χ4v) is 8.32. The SMILES string of the molecule is CCCCCCCCCCCCCCC(CCC)(C(=O)N(CCCCCCCCCC)NC(N)=O)C(CCC)(CCC)CCC. The number of hydrogen-bond acceptors (Lipinski definition) is 2. The molecule has 0 saturated carbocycles. The smallest absolute Gasteiger partial charge is 0.331 e. The van der Waals surface area contributed by atoms with E-state index in [4.69, 9.17) is 5.73 Å². The second-order valence-corrected chi connectivity index (χ2v) is 14.4. The van der Waals surface area contributed by atoms with Gasteiger partial charge in [0.1, 0.15) is 0 Å². The predicted octanol–water partition coefficient (Wildman–Crippen LogP) is 12.8. The molecular formula is C40H81N3O2. The predicted molar refractivity (Wildman–Crippen MR) is 197 cm³/mol. The van der Waals surface area contributed by atoms with Crippen molar-refractivity contribution in [2.24, 2.45) is 16.6 Å². The van der Waals surface area contributed by atoms with E-state index in [1.807, 2.05) is 0 Å². The molecule has 3 amide bonds. The number of unbranched alkanes of at least 4 members (excludes halogenated alkanes) is 18. The Hall–Kier alpha value is -1.26. The molecular weight excluding hydrogens is 554 g/mol. The second-order valence-electron chi connectivity index (χ2n) is 14.4. The van der Waals surface area contributed by atoms with Crippen molar-refractivity contribution in [3.05, 3.63) is 0 Å². The Morgan fingerprint density at radius 1 is 0.467 bits per heavy atom. The van der Waals surface area contributed by atoms with Gasteiger partial charge in [0.2, 0.25) is 5.91 Å². The normalized spacial score (nSPS) is 13.1. The van der Waals surface area contributed by atoms with Gasteiger partial charge >= 0.3 is 6.03 Å².